The van der Waals surface area contributed by atoms with Gasteiger partial charge in [0.2, 0.25) is 0 Å². The summed E-state index contributed by atoms with van der Waals surface area (Å²) in [4.78, 5) is 23.6. The maximum atomic E-state index is 12.6. The molecule has 0 aromatic heterocycles. The Morgan fingerprint density at radius 1 is 0.926 bits per heavy atom. The second-order valence-electron chi connectivity index (χ2n) is 5.57. The first kappa shape index (κ1) is 20.8. The summed E-state index contributed by atoms with van der Waals surface area (Å²) < 4.78 is 38.7. The maximum Gasteiger partial charge on any atom is 0.416 e. The molecule has 0 aliphatic heterocycles. The van der Waals surface area contributed by atoms with Crippen LogP contribution in [0.5, 0.6) is 0 Å². The van der Waals surface area contributed by atoms with Crippen LogP contribution >= 0.6 is 15.9 Å². The molecule has 3 N–H and O–H groups in total. The summed E-state index contributed by atoms with van der Waals surface area (Å²) >= 11 is 3.28. The molecule has 0 aliphatic rings. The van der Waals surface area contributed by atoms with Crippen LogP contribution in [-0.4, -0.2) is 25.0 Å². The standard InChI is InChI=1S/C18H17BrF3N3O2/c19-15-6-2-4-13(10-15)16(26)23-7-8-24-17(27)25-11-12-3-1-5-14(9-12)18(20,21)22/h1-6,9-10H,7-8,11H2,(H,23,26)(H2,24,25,27). The average Bonchev–Trinajstić information content (AvgIpc) is 2.63. The smallest absolute Gasteiger partial charge is 0.350 e. The van der Waals surface area contributed by atoms with E-state index in [1.54, 1.807) is 24.3 Å². The van der Waals surface area contributed by atoms with Crippen LogP contribution in [0.15, 0.2) is 53.0 Å². The second kappa shape index (κ2) is 9.40. The maximum absolute atomic E-state index is 12.6. The molecule has 9 heteroatoms. The van der Waals surface area contributed by atoms with Gasteiger partial charge in [-0.1, -0.05) is 34.1 Å². The van der Waals surface area contributed by atoms with E-state index in [0.29, 0.717) is 11.1 Å². The van der Waals surface area contributed by atoms with Crippen molar-refractivity contribution in [2.75, 3.05) is 13.1 Å². The van der Waals surface area contributed by atoms with Crippen LogP contribution in [-0.2, 0) is 12.7 Å². The van der Waals surface area contributed by atoms with Crippen molar-refractivity contribution >= 4 is 27.9 Å². The van der Waals surface area contributed by atoms with Crippen LogP contribution in [0.25, 0.3) is 0 Å². The first-order valence-corrected chi connectivity index (χ1v) is 8.76. The Bertz CT molecular complexity index is 812. The monoisotopic (exact) mass is 443 g/mol. The van der Waals surface area contributed by atoms with Gasteiger partial charge < -0.3 is 16.0 Å². The molecule has 0 saturated heterocycles. The van der Waals surface area contributed by atoms with Gasteiger partial charge in [-0.25, -0.2) is 4.79 Å². The molecule has 0 spiro atoms. The number of hydrogen-bond donors (Lipinski definition) is 3. The van der Waals surface area contributed by atoms with Crippen molar-refractivity contribution < 1.29 is 22.8 Å². The fraction of sp³-hybridized carbons (Fsp3) is 0.222. The van der Waals surface area contributed by atoms with E-state index in [9.17, 15) is 22.8 Å². The van der Waals surface area contributed by atoms with E-state index in [-0.39, 0.29) is 25.5 Å². The molecule has 0 atom stereocenters. The van der Waals surface area contributed by atoms with Gasteiger partial charge in [0.05, 0.1) is 5.56 Å². The first-order chi connectivity index (χ1) is 12.8. The quantitative estimate of drug-likeness (QED) is 0.595. The second-order valence-corrected chi connectivity index (χ2v) is 6.49. The Hall–Kier alpha value is -2.55. The van der Waals surface area contributed by atoms with Crippen LogP contribution in [0.1, 0.15) is 21.5 Å². The largest absolute Gasteiger partial charge is 0.416 e. The predicted molar refractivity (Wildman–Crippen MR) is 98.2 cm³/mol. The fourth-order valence-corrected chi connectivity index (χ4v) is 2.59. The summed E-state index contributed by atoms with van der Waals surface area (Å²) in [7, 11) is 0. The lowest BCUT2D eigenvalue weighted by Gasteiger charge is -2.11. The molecule has 0 fully saturated rings. The van der Waals surface area contributed by atoms with Crippen LogP contribution in [0.4, 0.5) is 18.0 Å². The molecule has 27 heavy (non-hydrogen) atoms. The van der Waals surface area contributed by atoms with Crippen molar-refractivity contribution in [1.82, 2.24) is 16.0 Å². The van der Waals surface area contributed by atoms with Crippen molar-refractivity contribution in [3.05, 3.63) is 69.7 Å². The normalized spacial score (nSPS) is 11.0. The van der Waals surface area contributed by atoms with E-state index < -0.39 is 17.8 Å². The van der Waals surface area contributed by atoms with Gasteiger partial charge in [-0.2, -0.15) is 13.2 Å². The van der Waals surface area contributed by atoms with Crippen LogP contribution in [0, 0.1) is 0 Å². The lowest BCUT2D eigenvalue weighted by molar-refractivity contribution is -0.137. The Kier molecular flexibility index (Phi) is 7.23. The summed E-state index contributed by atoms with van der Waals surface area (Å²) in [5, 5.41) is 7.64. The zero-order valence-corrected chi connectivity index (χ0v) is 15.7. The highest BCUT2D eigenvalue weighted by Gasteiger charge is 2.30. The van der Waals surface area contributed by atoms with Gasteiger partial charge in [-0.05, 0) is 35.9 Å². The van der Waals surface area contributed by atoms with Gasteiger partial charge in [0.15, 0.2) is 0 Å². The number of benzene rings is 2. The zero-order valence-electron chi connectivity index (χ0n) is 14.1. The highest BCUT2D eigenvalue weighted by molar-refractivity contribution is 9.10. The number of rotatable bonds is 6. The molecule has 0 unspecified atom stereocenters. The van der Waals surface area contributed by atoms with E-state index in [4.69, 9.17) is 0 Å². The highest BCUT2D eigenvalue weighted by Crippen LogP contribution is 2.29. The average molecular weight is 444 g/mol. The third-order valence-electron chi connectivity index (χ3n) is 3.49. The highest BCUT2D eigenvalue weighted by atomic mass is 79.9. The van der Waals surface area contributed by atoms with E-state index in [1.165, 1.54) is 12.1 Å². The van der Waals surface area contributed by atoms with Crippen molar-refractivity contribution in [3.63, 3.8) is 0 Å². The predicted octanol–water partition coefficient (Wildman–Crippen LogP) is 3.70. The van der Waals surface area contributed by atoms with Crippen LogP contribution < -0.4 is 16.0 Å². The SMILES string of the molecule is O=C(NCCNC(=O)c1cccc(Br)c1)NCc1cccc(C(F)(F)F)c1. The van der Waals surface area contributed by atoms with E-state index in [1.807, 2.05) is 0 Å². The van der Waals surface area contributed by atoms with Gasteiger partial charge in [-0.3, -0.25) is 4.79 Å². The third-order valence-corrected chi connectivity index (χ3v) is 3.98. The molecule has 2 aromatic rings. The minimum atomic E-state index is -4.43. The fourth-order valence-electron chi connectivity index (χ4n) is 2.19. The number of carbonyl (C=O) groups is 2. The Balaban J connectivity index is 1.70. The molecule has 2 aromatic carbocycles. The summed E-state index contributed by atoms with van der Waals surface area (Å²) in [6.45, 7) is 0.344. The molecule has 0 radical (unpaired) electrons. The Morgan fingerprint density at radius 2 is 1.63 bits per heavy atom. The van der Waals surface area contributed by atoms with Crippen molar-refractivity contribution in [2.24, 2.45) is 0 Å². The number of nitrogens with one attached hydrogen (secondary N) is 3. The molecule has 0 aliphatic carbocycles. The van der Waals surface area contributed by atoms with Crippen molar-refractivity contribution in [2.45, 2.75) is 12.7 Å². The molecule has 144 valence electrons. The minimum absolute atomic E-state index is 0.0415. The molecule has 3 amide bonds. The van der Waals surface area contributed by atoms with Crippen molar-refractivity contribution in [3.8, 4) is 0 Å². The summed E-state index contributed by atoms with van der Waals surface area (Å²) in [5.41, 5.74) is 0.0544. The number of halogens is 4. The lowest BCUT2D eigenvalue weighted by Crippen LogP contribution is -2.40. The molecular weight excluding hydrogens is 427 g/mol. The molecular formula is C18H17BrF3N3O2. The lowest BCUT2D eigenvalue weighted by atomic mass is 10.1. The van der Waals surface area contributed by atoms with Gasteiger partial charge in [-0.15, -0.1) is 0 Å². The number of carbonyl (C=O) groups excluding carboxylic acids is 2. The van der Waals surface area contributed by atoms with E-state index in [0.717, 1.165) is 16.6 Å². The molecule has 2 rings (SSSR count). The molecule has 0 saturated carbocycles. The first-order valence-electron chi connectivity index (χ1n) is 7.97. The van der Waals surface area contributed by atoms with Crippen LogP contribution in [0.2, 0.25) is 0 Å². The van der Waals surface area contributed by atoms with Gasteiger partial charge in [0.1, 0.15) is 0 Å². The topological polar surface area (TPSA) is 70.2 Å². The zero-order chi connectivity index (χ0) is 19.9. The van der Waals surface area contributed by atoms with Crippen molar-refractivity contribution in [1.29, 1.82) is 0 Å². The third kappa shape index (κ3) is 6.93. The summed E-state index contributed by atoms with van der Waals surface area (Å²) in [5.74, 6) is -0.275. The molecule has 5 nitrogen and oxygen atoms in total. The minimum Gasteiger partial charge on any atom is -0.350 e. The van der Waals surface area contributed by atoms with E-state index in [2.05, 4.69) is 31.9 Å². The van der Waals surface area contributed by atoms with Gasteiger partial charge in [0.25, 0.3) is 5.91 Å². The number of alkyl halides is 3. The number of amides is 3. The summed E-state index contributed by atoms with van der Waals surface area (Å²) in [6.07, 6.45) is -4.43. The molecule has 0 heterocycles. The number of hydrogen-bond acceptors (Lipinski definition) is 2. The van der Waals surface area contributed by atoms with Crippen LogP contribution in [0.3, 0.4) is 0 Å². The van der Waals surface area contributed by atoms with E-state index >= 15 is 0 Å². The number of urea groups is 1. The Labute approximate surface area is 162 Å². The Morgan fingerprint density at radius 3 is 2.33 bits per heavy atom. The summed E-state index contributed by atoms with van der Waals surface area (Å²) in [6, 6.07) is 11.1. The van der Waals surface area contributed by atoms with Gasteiger partial charge in [0, 0.05) is 29.7 Å². The molecule has 0 bridgehead atoms. The van der Waals surface area contributed by atoms with Gasteiger partial charge >= 0.3 is 12.2 Å².